The van der Waals surface area contributed by atoms with E-state index in [0.717, 1.165) is 44.6 Å². The molecule has 1 rings (SSSR count). The molecule has 0 unspecified atom stereocenters. The van der Waals surface area contributed by atoms with Crippen molar-refractivity contribution in [3.63, 3.8) is 0 Å². The first-order valence-corrected chi connectivity index (χ1v) is 6.50. The minimum Gasteiger partial charge on any atom is -0.316 e. The fraction of sp³-hybridized carbons (Fsp3) is 0.769. The summed E-state index contributed by atoms with van der Waals surface area (Å²) >= 11 is 0. The molecule has 0 aliphatic carbocycles. The van der Waals surface area contributed by atoms with Crippen molar-refractivity contribution in [2.24, 2.45) is 12.5 Å². The highest BCUT2D eigenvalue weighted by molar-refractivity contribution is 4.91. The van der Waals surface area contributed by atoms with Crippen LogP contribution in [0.25, 0.3) is 0 Å². The van der Waals surface area contributed by atoms with Crippen LogP contribution in [-0.2, 0) is 13.5 Å². The number of nitriles is 1. The molecule has 0 aromatic carbocycles. The third-order valence-electron chi connectivity index (χ3n) is 2.88. The fourth-order valence-corrected chi connectivity index (χ4v) is 1.70. The lowest BCUT2D eigenvalue weighted by molar-refractivity contribution is 0.422. The maximum Gasteiger partial charge on any atom is 0.151 e. The summed E-state index contributed by atoms with van der Waals surface area (Å²) in [6.07, 6.45) is 5.76. The van der Waals surface area contributed by atoms with Gasteiger partial charge in [0.05, 0.1) is 11.5 Å². The van der Waals surface area contributed by atoms with Crippen LogP contribution in [0.4, 0.5) is 0 Å². The van der Waals surface area contributed by atoms with Gasteiger partial charge in [0.1, 0.15) is 6.33 Å². The summed E-state index contributed by atoms with van der Waals surface area (Å²) in [4.78, 5) is 4.17. The second kappa shape index (κ2) is 7.12. The zero-order valence-electron chi connectivity index (χ0n) is 11.6. The van der Waals surface area contributed by atoms with Gasteiger partial charge in [0.25, 0.3) is 0 Å². The van der Waals surface area contributed by atoms with Crippen LogP contribution in [0.1, 0.15) is 38.9 Å². The van der Waals surface area contributed by atoms with Gasteiger partial charge >= 0.3 is 0 Å². The van der Waals surface area contributed by atoms with Gasteiger partial charge in [0.2, 0.25) is 0 Å². The largest absolute Gasteiger partial charge is 0.316 e. The first-order chi connectivity index (χ1) is 8.53. The minimum absolute atomic E-state index is 0.183. The lowest BCUT2D eigenvalue weighted by atomic mass is 9.89. The topological polar surface area (TPSA) is 66.5 Å². The molecule has 1 aromatic heterocycles. The lowest BCUT2D eigenvalue weighted by Gasteiger charge is -2.14. The van der Waals surface area contributed by atoms with Gasteiger partial charge in [0, 0.05) is 20.0 Å². The summed E-state index contributed by atoms with van der Waals surface area (Å²) in [6.45, 7) is 5.89. The van der Waals surface area contributed by atoms with Crippen LogP contribution in [0, 0.1) is 16.7 Å². The Morgan fingerprint density at radius 1 is 1.39 bits per heavy atom. The highest BCUT2D eigenvalue weighted by Gasteiger charge is 2.15. The van der Waals surface area contributed by atoms with E-state index in [9.17, 15) is 0 Å². The van der Waals surface area contributed by atoms with E-state index in [1.807, 2.05) is 20.9 Å². The molecular weight excluding hydrogens is 226 g/mol. The maximum atomic E-state index is 8.88. The van der Waals surface area contributed by atoms with E-state index in [4.69, 9.17) is 5.26 Å². The number of unbranched alkanes of at least 4 members (excludes halogenated alkanes) is 1. The summed E-state index contributed by atoms with van der Waals surface area (Å²) in [7, 11) is 1.88. The lowest BCUT2D eigenvalue weighted by Crippen LogP contribution is -2.19. The molecule has 1 aromatic rings. The maximum absolute atomic E-state index is 8.88. The van der Waals surface area contributed by atoms with Crippen molar-refractivity contribution in [1.29, 1.82) is 5.26 Å². The Kier molecular flexibility index (Phi) is 5.79. The van der Waals surface area contributed by atoms with Gasteiger partial charge in [-0.25, -0.2) is 4.98 Å². The van der Waals surface area contributed by atoms with E-state index in [-0.39, 0.29) is 5.41 Å². The average molecular weight is 249 g/mol. The van der Waals surface area contributed by atoms with Gasteiger partial charge in [-0.05, 0) is 33.2 Å². The molecule has 0 aliphatic rings. The molecule has 18 heavy (non-hydrogen) atoms. The molecule has 0 aliphatic heterocycles. The SMILES string of the molecule is Cn1cnc(CCNCCCCC(C)(C)C#N)n1. The highest BCUT2D eigenvalue weighted by Crippen LogP contribution is 2.21. The quantitative estimate of drug-likeness (QED) is 0.712. The van der Waals surface area contributed by atoms with Crippen LogP contribution in [0.5, 0.6) is 0 Å². The Morgan fingerprint density at radius 3 is 2.78 bits per heavy atom. The van der Waals surface area contributed by atoms with E-state index in [0.29, 0.717) is 0 Å². The van der Waals surface area contributed by atoms with Crippen LogP contribution in [0.2, 0.25) is 0 Å². The molecule has 0 saturated carbocycles. The molecule has 0 bridgehead atoms. The Hall–Kier alpha value is -1.41. The zero-order valence-corrected chi connectivity index (χ0v) is 11.6. The molecule has 1 heterocycles. The number of nitrogens with zero attached hydrogens (tertiary/aromatic N) is 4. The Labute approximate surface area is 109 Å². The summed E-state index contributed by atoms with van der Waals surface area (Å²) in [5.41, 5.74) is -0.183. The predicted octanol–water partition coefficient (Wildman–Crippen LogP) is 1.67. The number of aryl methyl sites for hydroxylation is 1. The molecular formula is C13H23N5. The standard InChI is InChI=1S/C13H23N5/c1-13(2,10-14)7-4-5-8-15-9-6-12-16-11-18(3)17-12/h11,15H,4-9H2,1-3H3. The second-order valence-corrected chi connectivity index (χ2v) is 5.29. The molecule has 0 spiro atoms. The molecule has 1 N–H and O–H groups in total. The first-order valence-electron chi connectivity index (χ1n) is 6.50. The van der Waals surface area contributed by atoms with Crippen molar-refractivity contribution >= 4 is 0 Å². The van der Waals surface area contributed by atoms with Crippen LogP contribution in [0.15, 0.2) is 6.33 Å². The van der Waals surface area contributed by atoms with E-state index in [1.165, 1.54) is 0 Å². The third kappa shape index (κ3) is 5.78. The highest BCUT2D eigenvalue weighted by atomic mass is 15.3. The van der Waals surface area contributed by atoms with Crippen LogP contribution in [-0.4, -0.2) is 27.9 Å². The van der Waals surface area contributed by atoms with Crippen LogP contribution >= 0.6 is 0 Å². The van der Waals surface area contributed by atoms with Gasteiger partial charge in [0.15, 0.2) is 5.82 Å². The number of nitrogens with one attached hydrogen (secondary N) is 1. The smallest absolute Gasteiger partial charge is 0.151 e. The van der Waals surface area contributed by atoms with Crippen molar-refractivity contribution in [3.05, 3.63) is 12.2 Å². The monoisotopic (exact) mass is 249 g/mol. The second-order valence-electron chi connectivity index (χ2n) is 5.29. The Bertz CT molecular complexity index is 388. The summed E-state index contributed by atoms with van der Waals surface area (Å²) in [5, 5.41) is 16.5. The molecule has 5 heteroatoms. The van der Waals surface area contributed by atoms with Crippen molar-refractivity contribution in [1.82, 2.24) is 20.1 Å². The van der Waals surface area contributed by atoms with E-state index < -0.39 is 0 Å². The number of hydrogen-bond donors (Lipinski definition) is 1. The summed E-state index contributed by atoms with van der Waals surface area (Å²) in [6, 6.07) is 2.33. The number of rotatable bonds is 8. The van der Waals surface area contributed by atoms with Crippen molar-refractivity contribution in [3.8, 4) is 6.07 Å². The fourth-order valence-electron chi connectivity index (χ4n) is 1.70. The molecule has 0 radical (unpaired) electrons. The van der Waals surface area contributed by atoms with E-state index in [1.54, 1.807) is 11.0 Å². The summed E-state index contributed by atoms with van der Waals surface area (Å²) in [5.74, 6) is 0.885. The third-order valence-corrected chi connectivity index (χ3v) is 2.88. The zero-order chi connectivity index (χ0) is 13.4. The first kappa shape index (κ1) is 14.7. The van der Waals surface area contributed by atoms with Gasteiger partial charge in [-0.1, -0.05) is 6.42 Å². The predicted molar refractivity (Wildman–Crippen MR) is 70.8 cm³/mol. The molecule has 100 valence electrons. The van der Waals surface area contributed by atoms with Crippen molar-refractivity contribution in [2.75, 3.05) is 13.1 Å². The Balaban J connectivity index is 1.98. The molecule has 0 atom stereocenters. The normalized spacial score (nSPS) is 11.4. The molecule has 0 saturated heterocycles. The molecule has 5 nitrogen and oxygen atoms in total. The Morgan fingerprint density at radius 2 is 2.17 bits per heavy atom. The van der Waals surface area contributed by atoms with Crippen LogP contribution < -0.4 is 5.32 Å². The summed E-state index contributed by atoms with van der Waals surface area (Å²) < 4.78 is 1.72. The van der Waals surface area contributed by atoms with E-state index >= 15 is 0 Å². The molecule has 0 fully saturated rings. The average Bonchev–Trinajstić information content (AvgIpc) is 2.74. The minimum atomic E-state index is -0.183. The van der Waals surface area contributed by atoms with Gasteiger partial charge in [-0.3, -0.25) is 4.68 Å². The number of aromatic nitrogens is 3. The van der Waals surface area contributed by atoms with E-state index in [2.05, 4.69) is 21.5 Å². The van der Waals surface area contributed by atoms with Crippen LogP contribution in [0.3, 0.4) is 0 Å². The van der Waals surface area contributed by atoms with Gasteiger partial charge in [-0.2, -0.15) is 10.4 Å². The van der Waals surface area contributed by atoms with Gasteiger partial charge < -0.3 is 5.32 Å². The van der Waals surface area contributed by atoms with Crippen molar-refractivity contribution in [2.45, 2.75) is 39.5 Å². The van der Waals surface area contributed by atoms with Gasteiger partial charge in [-0.15, -0.1) is 0 Å². The molecule has 0 amide bonds. The number of hydrogen-bond acceptors (Lipinski definition) is 4. The van der Waals surface area contributed by atoms with Crippen molar-refractivity contribution < 1.29 is 0 Å².